The first kappa shape index (κ1) is 19.4. The summed E-state index contributed by atoms with van der Waals surface area (Å²) in [7, 11) is 3.18. The SMILES string of the molecule is COc1cc2c(cc1OC)C(=O)C(=Cc1cc[n+](Cc3ccc(Br)cc3)cc1)C2. The van der Waals surface area contributed by atoms with Crippen molar-refractivity contribution in [2.75, 3.05) is 14.2 Å². The van der Waals surface area contributed by atoms with Crippen molar-refractivity contribution in [3.63, 3.8) is 0 Å². The van der Waals surface area contributed by atoms with E-state index in [1.54, 1.807) is 20.3 Å². The molecule has 0 atom stereocenters. The Hall–Kier alpha value is -2.92. The van der Waals surface area contributed by atoms with Gasteiger partial charge in [-0.3, -0.25) is 4.79 Å². The van der Waals surface area contributed by atoms with Crippen LogP contribution in [0.5, 0.6) is 11.5 Å². The van der Waals surface area contributed by atoms with Gasteiger partial charge in [-0.25, -0.2) is 4.57 Å². The average molecular weight is 451 g/mol. The second kappa shape index (κ2) is 8.21. The summed E-state index contributed by atoms with van der Waals surface area (Å²) in [6, 6.07) is 16.0. The maximum absolute atomic E-state index is 12.8. The van der Waals surface area contributed by atoms with Gasteiger partial charge >= 0.3 is 0 Å². The summed E-state index contributed by atoms with van der Waals surface area (Å²) < 4.78 is 13.9. The molecular formula is C24H21BrNO3+. The number of allylic oxidation sites excluding steroid dienone is 1. The fourth-order valence-corrected chi connectivity index (χ4v) is 3.79. The number of pyridine rings is 1. The van der Waals surface area contributed by atoms with Crippen LogP contribution < -0.4 is 14.0 Å². The highest BCUT2D eigenvalue weighted by atomic mass is 79.9. The van der Waals surface area contributed by atoms with Crippen LogP contribution in [0, 0.1) is 0 Å². The van der Waals surface area contributed by atoms with Crippen LogP contribution in [-0.2, 0) is 13.0 Å². The lowest BCUT2D eigenvalue weighted by Gasteiger charge is -2.08. The molecule has 2 aromatic carbocycles. The molecule has 146 valence electrons. The summed E-state index contributed by atoms with van der Waals surface area (Å²) in [6.45, 7) is 0.800. The van der Waals surface area contributed by atoms with Gasteiger partial charge in [0.25, 0.3) is 0 Å². The van der Waals surface area contributed by atoms with Gasteiger partial charge in [-0.15, -0.1) is 0 Å². The fraction of sp³-hybridized carbons (Fsp3) is 0.167. The van der Waals surface area contributed by atoms with E-state index >= 15 is 0 Å². The number of methoxy groups -OCH3 is 2. The molecule has 4 nitrogen and oxygen atoms in total. The zero-order valence-electron chi connectivity index (χ0n) is 16.3. The summed E-state index contributed by atoms with van der Waals surface area (Å²) in [5.74, 6) is 1.27. The van der Waals surface area contributed by atoms with Crippen molar-refractivity contribution in [2.24, 2.45) is 0 Å². The second-order valence-electron chi connectivity index (χ2n) is 6.97. The zero-order valence-corrected chi connectivity index (χ0v) is 17.9. The van der Waals surface area contributed by atoms with E-state index in [-0.39, 0.29) is 5.78 Å². The number of benzene rings is 2. The van der Waals surface area contributed by atoms with E-state index < -0.39 is 0 Å². The molecule has 0 saturated heterocycles. The van der Waals surface area contributed by atoms with Gasteiger partial charge in [0.1, 0.15) is 0 Å². The van der Waals surface area contributed by atoms with E-state index in [4.69, 9.17) is 9.47 Å². The summed E-state index contributed by atoms with van der Waals surface area (Å²) in [5.41, 5.74) is 4.68. The average Bonchev–Trinajstić information content (AvgIpc) is 3.04. The monoisotopic (exact) mass is 450 g/mol. The maximum Gasteiger partial charge on any atom is 0.189 e. The molecule has 3 aromatic rings. The molecule has 1 aromatic heterocycles. The summed E-state index contributed by atoms with van der Waals surface area (Å²) >= 11 is 3.46. The minimum atomic E-state index is 0.0487. The number of halogens is 1. The van der Waals surface area contributed by atoms with Gasteiger partial charge in [0, 0.05) is 39.7 Å². The molecule has 1 aliphatic carbocycles. The second-order valence-corrected chi connectivity index (χ2v) is 7.89. The van der Waals surface area contributed by atoms with E-state index in [2.05, 4.69) is 32.6 Å². The predicted octanol–water partition coefficient (Wildman–Crippen LogP) is 4.62. The number of carbonyl (C=O) groups excluding carboxylic acids is 1. The number of hydrogen-bond acceptors (Lipinski definition) is 3. The standard InChI is InChI=1S/C24H21BrNO3/c1-28-22-13-18-12-19(24(27)21(18)14-23(22)29-2)11-16-7-9-26(10-8-16)15-17-3-5-20(25)6-4-17/h3-11,13-14H,12,15H2,1-2H3/q+1. The van der Waals surface area contributed by atoms with Crippen molar-refractivity contribution < 1.29 is 18.8 Å². The Morgan fingerprint density at radius 2 is 1.66 bits per heavy atom. The highest BCUT2D eigenvalue weighted by Gasteiger charge is 2.27. The number of aromatic nitrogens is 1. The first-order valence-electron chi connectivity index (χ1n) is 9.31. The van der Waals surface area contributed by atoms with Crippen LogP contribution in [0.1, 0.15) is 27.0 Å². The molecule has 1 heterocycles. The van der Waals surface area contributed by atoms with Crippen LogP contribution in [0.25, 0.3) is 6.08 Å². The Labute approximate surface area is 178 Å². The molecule has 0 saturated carbocycles. The van der Waals surface area contributed by atoms with Gasteiger partial charge in [-0.05, 0) is 41.5 Å². The lowest BCUT2D eigenvalue weighted by atomic mass is 10.1. The molecular weight excluding hydrogens is 430 g/mol. The number of fused-ring (bicyclic) bond motifs is 1. The van der Waals surface area contributed by atoms with Crippen molar-refractivity contribution in [3.8, 4) is 11.5 Å². The quantitative estimate of drug-likeness (QED) is 0.420. The fourth-order valence-electron chi connectivity index (χ4n) is 3.53. The normalized spacial score (nSPS) is 14.2. The van der Waals surface area contributed by atoms with Crippen molar-refractivity contribution in [3.05, 3.63) is 93.2 Å². The highest BCUT2D eigenvalue weighted by Crippen LogP contribution is 2.36. The van der Waals surface area contributed by atoms with E-state index in [1.807, 2.05) is 48.8 Å². The van der Waals surface area contributed by atoms with Crippen LogP contribution >= 0.6 is 15.9 Å². The van der Waals surface area contributed by atoms with Crippen molar-refractivity contribution in [1.82, 2.24) is 0 Å². The van der Waals surface area contributed by atoms with Crippen molar-refractivity contribution in [1.29, 1.82) is 0 Å². The smallest absolute Gasteiger partial charge is 0.189 e. The van der Waals surface area contributed by atoms with Crippen LogP contribution in [0.2, 0.25) is 0 Å². The molecule has 5 heteroatoms. The molecule has 4 rings (SSSR count). The molecule has 0 aliphatic heterocycles. The van der Waals surface area contributed by atoms with Crippen molar-refractivity contribution in [2.45, 2.75) is 13.0 Å². The third-order valence-corrected chi connectivity index (χ3v) is 5.59. The zero-order chi connectivity index (χ0) is 20.4. The Kier molecular flexibility index (Phi) is 5.49. The van der Waals surface area contributed by atoms with Gasteiger partial charge in [0.05, 0.1) is 14.2 Å². The van der Waals surface area contributed by atoms with Crippen LogP contribution in [0.4, 0.5) is 0 Å². The molecule has 0 radical (unpaired) electrons. The molecule has 0 fully saturated rings. The number of hydrogen-bond donors (Lipinski definition) is 0. The Morgan fingerprint density at radius 1 is 1.00 bits per heavy atom. The van der Waals surface area contributed by atoms with Gasteiger partial charge in [0.2, 0.25) is 0 Å². The number of ether oxygens (including phenoxy) is 2. The maximum atomic E-state index is 12.8. The Balaban J connectivity index is 1.53. The molecule has 0 N–H and O–H groups in total. The number of Topliss-reactive ketones (excluding diaryl/α,β-unsaturated/α-hetero) is 1. The Morgan fingerprint density at radius 3 is 2.31 bits per heavy atom. The molecule has 0 bridgehead atoms. The van der Waals surface area contributed by atoms with E-state index in [1.165, 1.54) is 5.56 Å². The topological polar surface area (TPSA) is 39.4 Å². The van der Waals surface area contributed by atoms with Crippen LogP contribution in [0.3, 0.4) is 0 Å². The van der Waals surface area contributed by atoms with Gasteiger partial charge in [-0.2, -0.15) is 0 Å². The van der Waals surface area contributed by atoms with Gasteiger partial charge in [-0.1, -0.05) is 28.1 Å². The van der Waals surface area contributed by atoms with E-state index in [0.717, 1.165) is 27.7 Å². The third kappa shape index (κ3) is 4.10. The van der Waals surface area contributed by atoms with Gasteiger partial charge < -0.3 is 9.47 Å². The number of nitrogens with zero attached hydrogens (tertiary/aromatic N) is 1. The molecule has 29 heavy (non-hydrogen) atoms. The van der Waals surface area contributed by atoms with Crippen molar-refractivity contribution >= 4 is 27.8 Å². The summed E-state index contributed by atoms with van der Waals surface area (Å²) in [5, 5.41) is 0. The first-order chi connectivity index (χ1) is 14.1. The predicted molar refractivity (Wildman–Crippen MR) is 115 cm³/mol. The van der Waals surface area contributed by atoms with Crippen LogP contribution in [0.15, 0.2) is 71.0 Å². The van der Waals surface area contributed by atoms with Crippen LogP contribution in [-0.4, -0.2) is 20.0 Å². The largest absolute Gasteiger partial charge is 0.493 e. The minimum Gasteiger partial charge on any atom is -0.493 e. The molecule has 0 spiro atoms. The third-order valence-electron chi connectivity index (χ3n) is 5.06. The number of ketones is 1. The first-order valence-corrected chi connectivity index (χ1v) is 10.1. The molecule has 0 unspecified atom stereocenters. The van der Waals surface area contributed by atoms with E-state index in [0.29, 0.717) is 23.5 Å². The Bertz CT molecular complexity index is 1090. The lowest BCUT2D eigenvalue weighted by Crippen LogP contribution is -2.33. The number of rotatable bonds is 5. The highest BCUT2D eigenvalue weighted by molar-refractivity contribution is 9.10. The lowest BCUT2D eigenvalue weighted by molar-refractivity contribution is -0.688. The van der Waals surface area contributed by atoms with Gasteiger partial charge in [0.15, 0.2) is 36.2 Å². The number of carbonyl (C=O) groups is 1. The van der Waals surface area contributed by atoms with E-state index in [9.17, 15) is 4.79 Å². The molecule has 1 aliphatic rings. The minimum absolute atomic E-state index is 0.0487. The summed E-state index contributed by atoms with van der Waals surface area (Å²) in [6.07, 6.45) is 6.63. The molecule has 0 amide bonds. The summed E-state index contributed by atoms with van der Waals surface area (Å²) in [4.78, 5) is 12.8.